The number of benzene rings is 2. The van der Waals surface area contributed by atoms with Gasteiger partial charge >= 0.3 is 0 Å². The van der Waals surface area contributed by atoms with Crippen molar-refractivity contribution in [1.29, 1.82) is 0 Å². The molecule has 0 aliphatic heterocycles. The van der Waals surface area contributed by atoms with Crippen molar-refractivity contribution < 1.29 is 10.2 Å². The fourth-order valence-electron chi connectivity index (χ4n) is 2.38. The first-order chi connectivity index (χ1) is 9.69. The van der Waals surface area contributed by atoms with Gasteiger partial charge in [0.05, 0.1) is 18.8 Å². The number of hydrogen-bond acceptors (Lipinski definition) is 4. The maximum Gasteiger partial charge on any atom is 0.0832 e. The molecule has 20 heavy (non-hydrogen) atoms. The van der Waals surface area contributed by atoms with Crippen molar-refractivity contribution in [1.82, 2.24) is 0 Å². The summed E-state index contributed by atoms with van der Waals surface area (Å²) in [5.41, 5.74) is 7.06. The van der Waals surface area contributed by atoms with Crippen molar-refractivity contribution in [3.8, 4) is 0 Å². The Hall–Kier alpha value is -1.62. The second kappa shape index (κ2) is 6.22. The zero-order valence-corrected chi connectivity index (χ0v) is 11.8. The molecule has 0 aliphatic carbocycles. The van der Waals surface area contributed by atoms with Crippen LogP contribution in [0.4, 0.5) is 5.69 Å². The lowest BCUT2D eigenvalue weighted by molar-refractivity contribution is 0.132. The van der Waals surface area contributed by atoms with Crippen LogP contribution in [0.1, 0.15) is 18.9 Å². The highest BCUT2D eigenvalue weighted by atomic mass is 16.3. The van der Waals surface area contributed by atoms with Crippen LogP contribution < -0.4 is 11.1 Å². The van der Waals surface area contributed by atoms with Crippen molar-refractivity contribution in [2.45, 2.75) is 25.4 Å². The molecule has 4 heteroatoms. The fourth-order valence-corrected chi connectivity index (χ4v) is 2.38. The first-order valence-corrected chi connectivity index (χ1v) is 6.90. The normalized spacial score (nSPS) is 11.8. The molecule has 0 atom stereocenters. The Bertz CT molecular complexity index is 571. The van der Waals surface area contributed by atoms with Crippen LogP contribution in [0.5, 0.6) is 0 Å². The quantitative estimate of drug-likeness (QED) is 0.648. The predicted molar refractivity (Wildman–Crippen MR) is 82.7 cm³/mol. The lowest BCUT2D eigenvalue weighted by atomic mass is 9.96. The lowest BCUT2D eigenvalue weighted by Crippen LogP contribution is -2.45. The van der Waals surface area contributed by atoms with Crippen LogP contribution >= 0.6 is 0 Å². The number of rotatable bonds is 6. The van der Waals surface area contributed by atoms with Crippen molar-refractivity contribution in [3.63, 3.8) is 0 Å². The van der Waals surface area contributed by atoms with Gasteiger partial charge in [0.1, 0.15) is 0 Å². The summed E-state index contributed by atoms with van der Waals surface area (Å²) in [7, 11) is 0. The van der Waals surface area contributed by atoms with Crippen LogP contribution in [-0.4, -0.2) is 29.0 Å². The van der Waals surface area contributed by atoms with E-state index in [0.717, 1.165) is 22.0 Å². The van der Waals surface area contributed by atoms with E-state index >= 15 is 0 Å². The molecule has 2 aromatic rings. The summed E-state index contributed by atoms with van der Waals surface area (Å²) in [6.07, 6.45) is 0.632. The minimum absolute atomic E-state index is 0.118. The van der Waals surface area contributed by atoms with E-state index in [1.165, 1.54) is 0 Å². The number of fused-ring (bicyclic) bond motifs is 1. The maximum absolute atomic E-state index is 9.57. The topological polar surface area (TPSA) is 78.5 Å². The van der Waals surface area contributed by atoms with E-state index in [0.29, 0.717) is 13.0 Å². The van der Waals surface area contributed by atoms with Gasteiger partial charge < -0.3 is 21.3 Å². The van der Waals surface area contributed by atoms with Gasteiger partial charge in [-0.05, 0) is 23.4 Å². The molecule has 0 saturated heterocycles. The van der Waals surface area contributed by atoms with Crippen LogP contribution in [0, 0.1) is 0 Å². The van der Waals surface area contributed by atoms with Gasteiger partial charge in [-0.25, -0.2) is 0 Å². The number of aliphatic hydroxyl groups excluding tert-OH is 2. The van der Waals surface area contributed by atoms with Gasteiger partial charge in [-0.15, -0.1) is 0 Å². The Morgan fingerprint density at radius 3 is 2.25 bits per heavy atom. The molecule has 0 aliphatic rings. The van der Waals surface area contributed by atoms with Crippen LogP contribution in [0.25, 0.3) is 10.8 Å². The van der Waals surface area contributed by atoms with Crippen LogP contribution in [0.2, 0.25) is 0 Å². The molecule has 108 valence electrons. The van der Waals surface area contributed by atoms with Gasteiger partial charge in [0, 0.05) is 17.6 Å². The molecule has 0 bridgehead atoms. The average Bonchev–Trinajstić information content (AvgIpc) is 2.53. The monoisotopic (exact) mass is 274 g/mol. The van der Waals surface area contributed by atoms with Crippen molar-refractivity contribution in [3.05, 3.63) is 42.0 Å². The highest BCUT2D eigenvalue weighted by Gasteiger charge is 2.26. The molecule has 0 heterocycles. The Balaban J connectivity index is 2.50. The zero-order chi connectivity index (χ0) is 14.6. The van der Waals surface area contributed by atoms with E-state index in [9.17, 15) is 10.2 Å². The van der Waals surface area contributed by atoms with Crippen LogP contribution in [0.15, 0.2) is 36.4 Å². The highest BCUT2D eigenvalue weighted by molar-refractivity contribution is 5.96. The number of hydrogen-bond donors (Lipinski definition) is 4. The summed E-state index contributed by atoms with van der Waals surface area (Å²) in [4.78, 5) is 0. The molecule has 4 nitrogen and oxygen atoms in total. The molecule has 2 rings (SSSR count). The summed E-state index contributed by atoms with van der Waals surface area (Å²) >= 11 is 0. The Kier molecular flexibility index (Phi) is 4.60. The van der Waals surface area contributed by atoms with Crippen LogP contribution in [0.3, 0.4) is 0 Å². The largest absolute Gasteiger partial charge is 0.394 e. The van der Waals surface area contributed by atoms with E-state index in [1.807, 2.05) is 43.3 Å². The molecule has 0 unspecified atom stereocenters. The predicted octanol–water partition coefficient (Wildman–Crippen LogP) is 1.84. The van der Waals surface area contributed by atoms with E-state index in [-0.39, 0.29) is 13.2 Å². The number of aliphatic hydroxyl groups is 2. The second-order valence-electron chi connectivity index (χ2n) is 5.10. The molecular formula is C16H22N2O2. The van der Waals surface area contributed by atoms with E-state index in [1.54, 1.807) is 0 Å². The molecule has 0 saturated carbocycles. The molecule has 5 N–H and O–H groups in total. The number of anilines is 1. The standard InChI is InChI=1S/C16H22N2O2/c1-2-16(10-19,11-20)18-15-8-7-12(9-17)13-5-3-4-6-14(13)15/h3-8,18-20H,2,9-11,17H2,1H3. The highest BCUT2D eigenvalue weighted by Crippen LogP contribution is 2.29. The van der Waals surface area contributed by atoms with Gasteiger partial charge in [0.2, 0.25) is 0 Å². The van der Waals surface area contributed by atoms with E-state index < -0.39 is 5.54 Å². The van der Waals surface area contributed by atoms with Crippen molar-refractivity contribution in [2.24, 2.45) is 5.73 Å². The number of nitrogens with two attached hydrogens (primary N) is 1. The maximum atomic E-state index is 9.57. The van der Waals surface area contributed by atoms with Gasteiger partial charge in [-0.1, -0.05) is 37.3 Å². The third-order valence-electron chi connectivity index (χ3n) is 3.92. The lowest BCUT2D eigenvalue weighted by Gasteiger charge is -2.31. The third-order valence-corrected chi connectivity index (χ3v) is 3.92. The molecule has 0 fully saturated rings. The molecule has 0 aromatic heterocycles. The Labute approximate surface area is 119 Å². The summed E-state index contributed by atoms with van der Waals surface area (Å²) in [6, 6.07) is 12.0. The summed E-state index contributed by atoms with van der Waals surface area (Å²) in [5, 5.41) is 24.6. The Morgan fingerprint density at radius 2 is 1.70 bits per heavy atom. The SMILES string of the molecule is CCC(CO)(CO)Nc1ccc(CN)c2ccccc12. The molecular weight excluding hydrogens is 252 g/mol. The van der Waals surface area contributed by atoms with Crippen LogP contribution in [-0.2, 0) is 6.54 Å². The molecule has 0 spiro atoms. The van der Waals surface area contributed by atoms with E-state index in [2.05, 4.69) is 5.32 Å². The minimum Gasteiger partial charge on any atom is -0.394 e. The Morgan fingerprint density at radius 1 is 1.05 bits per heavy atom. The van der Waals surface area contributed by atoms with Crippen molar-refractivity contribution in [2.75, 3.05) is 18.5 Å². The van der Waals surface area contributed by atoms with Gasteiger partial charge in [0.15, 0.2) is 0 Å². The second-order valence-corrected chi connectivity index (χ2v) is 5.10. The van der Waals surface area contributed by atoms with Gasteiger partial charge in [0.25, 0.3) is 0 Å². The third kappa shape index (κ3) is 2.63. The molecule has 2 aromatic carbocycles. The summed E-state index contributed by atoms with van der Waals surface area (Å²) in [5.74, 6) is 0. The molecule has 0 amide bonds. The average molecular weight is 274 g/mol. The zero-order valence-electron chi connectivity index (χ0n) is 11.8. The summed E-state index contributed by atoms with van der Waals surface area (Å²) in [6.45, 7) is 2.19. The minimum atomic E-state index is -0.701. The first kappa shape index (κ1) is 14.8. The summed E-state index contributed by atoms with van der Waals surface area (Å²) < 4.78 is 0. The first-order valence-electron chi connectivity index (χ1n) is 6.90. The van der Waals surface area contributed by atoms with Gasteiger partial charge in [-0.2, -0.15) is 0 Å². The van der Waals surface area contributed by atoms with Crippen molar-refractivity contribution >= 4 is 16.5 Å². The molecule has 0 radical (unpaired) electrons. The van der Waals surface area contributed by atoms with E-state index in [4.69, 9.17) is 5.73 Å². The number of nitrogens with one attached hydrogen (secondary N) is 1. The van der Waals surface area contributed by atoms with Gasteiger partial charge in [-0.3, -0.25) is 0 Å². The fraction of sp³-hybridized carbons (Fsp3) is 0.375. The smallest absolute Gasteiger partial charge is 0.0832 e.